The molecule has 0 fully saturated rings. The maximum Gasteiger partial charge on any atom is 0.204 e. The molecule has 0 atom stereocenters. The zero-order valence-corrected chi connectivity index (χ0v) is 32.2. The van der Waals surface area contributed by atoms with Crippen LogP contribution in [0.4, 0.5) is 34.1 Å². The van der Waals surface area contributed by atoms with Crippen LogP contribution in [-0.2, 0) is 5.66 Å². The van der Waals surface area contributed by atoms with E-state index in [1.165, 1.54) is 53.5 Å². The summed E-state index contributed by atoms with van der Waals surface area (Å²) < 4.78 is 0. The Labute approximate surface area is 339 Å². The van der Waals surface area contributed by atoms with E-state index in [9.17, 15) is 0 Å². The Morgan fingerprint density at radius 3 is 1.02 bits per heavy atom. The zero-order valence-electron chi connectivity index (χ0n) is 30.6. The second-order valence-electron chi connectivity index (χ2n) is 14.5. The highest BCUT2D eigenvalue weighted by atomic mass is 32.2. The monoisotopic (exact) mass is 764 g/mol. The molecule has 4 nitrogen and oxygen atoms in total. The second-order valence-corrected chi connectivity index (χ2v) is 16.7. The van der Waals surface area contributed by atoms with E-state index in [0.29, 0.717) is 0 Å². The summed E-state index contributed by atoms with van der Waals surface area (Å²) in [4.78, 5) is 21.1. The van der Waals surface area contributed by atoms with Crippen molar-refractivity contribution < 1.29 is 0 Å². The predicted molar refractivity (Wildman–Crippen MR) is 236 cm³/mol. The molecule has 1 spiro atoms. The van der Waals surface area contributed by atoms with Gasteiger partial charge in [0, 0.05) is 53.2 Å². The Morgan fingerprint density at radius 1 is 0.333 bits per heavy atom. The fourth-order valence-electron chi connectivity index (χ4n) is 8.79. The average molecular weight is 765 g/mol. The van der Waals surface area contributed by atoms with Crippen molar-refractivity contribution in [3.8, 4) is 11.1 Å². The van der Waals surface area contributed by atoms with E-state index >= 15 is 0 Å². The molecule has 4 aliphatic rings. The smallest absolute Gasteiger partial charge is 0.204 e. The lowest BCUT2D eigenvalue weighted by Gasteiger charge is -2.33. The van der Waals surface area contributed by atoms with Crippen LogP contribution in [0.3, 0.4) is 0 Å². The highest BCUT2D eigenvalue weighted by Gasteiger charge is 2.47. The van der Waals surface area contributed by atoms with Gasteiger partial charge in [0.1, 0.15) is 0 Å². The molecule has 8 aromatic rings. The van der Waals surface area contributed by atoms with Crippen LogP contribution < -0.4 is 9.80 Å². The first kappa shape index (κ1) is 32.6. The first-order chi connectivity index (χ1) is 28.2. The Kier molecular flexibility index (Phi) is 7.28. The molecule has 8 aromatic carbocycles. The molecule has 6 heteroatoms. The van der Waals surface area contributed by atoms with Crippen LogP contribution in [0.5, 0.6) is 0 Å². The van der Waals surface area contributed by atoms with Crippen LogP contribution in [0.25, 0.3) is 11.1 Å². The number of hydrogen-bond donors (Lipinski definition) is 0. The summed E-state index contributed by atoms with van der Waals surface area (Å²) in [6.07, 6.45) is 0. The maximum absolute atomic E-state index is 5.70. The van der Waals surface area contributed by atoms with E-state index in [2.05, 4.69) is 204 Å². The topological polar surface area (TPSA) is 31.2 Å². The lowest BCUT2D eigenvalue weighted by molar-refractivity contribution is 0.606. The normalized spacial score (nSPS) is 15.2. The van der Waals surface area contributed by atoms with Crippen molar-refractivity contribution in [2.45, 2.75) is 25.2 Å². The van der Waals surface area contributed by atoms with Gasteiger partial charge in [-0.15, -0.1) is 0 Å². The molecular formula is C51H32N4S2. The number of fused-ring (bicyclic) bond motifs is 9. The molecule has 0 aromatic heterocycles. The van der Waals surface area contributed by atoms with Gasteiger partial charge in [0.15, 0.2) is 0 Å². The summed E-state index contributed by atoms with van der Waals surface area (Å²) >= 11 is 3.65. The molecule has 3 aliphatic heterocycles. The first-order valence-corrected chi connectivity index (χ1v) is 20.8. The van der Waals surface area contributed by atoms with Crippen molar-refractivity contribution in [3.63, 3.8) is 0 Å². The Hall–Kier alpha value is -6.60. The van der Waals surface area contributed by atoms with Crippen LogP contribution in [0.15, 0.2) is 224 Å². The van der Waals surface area contributed by atoms with E-state index < -0.39 is 5.66 Å². The molecule has 3 heterocycles. The molecule has 1 aliphatic carbocycles. The minimum atomic E-state index is -0.876. The van der Waals surface area contributed by atoms with E-state index in [1.807, 2.05) is 23.5 Å². The lowest BCUT2D eigenvalue weighted by atomic mass is 9.99. The lowest BCUT2D eigenvalue weighted by Crippen LogP contribution is -2.17. The third-order valence-electron chi connectivity index (χ3n) is 11.3. The highest BCUT2D eigenvalue weighted by Crippen LogP contribution is 2.55. The molecule has 0 radical (unpaired) electrons. The van der Waals surface area contributed by atoms with Crippen LogP contribution in [-0.4, -0.2) is 11.4 Å². The van der Waals surface area contributed by atoms with Crippen molar-refractivity contribution in [3.05, 3.63) is 216 Å². The van der Waals surface area contributed by atoms with Crippen molar-refractivity contribution in [2.75, 3.05) is 9.80 Å². The van der Waals surface area contributed by atoms with Crippen LogP contribution in [0.2, 0.25) is 0 Å². The summed E-state index contributed by atoms with van der Waals surface area (Å²) in [5, 5.41) is 0. The van der Waals surface area contributed by atoms with Gasteiger partial charge in [0.25, 0.3) is 0 Å². The van der Waals surface area contributed by atoms with Crippen molar-refractivity contribution >= 4 is 69.1 Å². The van der Waals surface area contributed by atoms with Crippen molar-refractivity contribution in [1.29, 1.82) is 0 Å². The fourth-order valence-corrected chi connectivity index (χ4v) is 10.9. The summed E-state index contributed by atoms with van der Waals surface area (Å²) in [6, 6.07) is 69.6. The van der Waals surface area contributed by atoms with E-state index in [0.717, 1.165) is 45.1 Å². The third-order valence-corrected chi connectivity index (χ3v) is 13.6. The summed E-state index contributed by atoms with van der Waals surface area (Å²) in [6.45, 7) is 0. The number of aliphatic imine (C=N–C) groups is 2. The zero-order chi connectivity index (χ0) is 37.5. The molecule has 0 unspecified atom stereocenters. The summed E-state index contributed by atoms with van der Waals surface area (Å²) in [5.74, 6) is 0. The third kappa shape index (κ3) is 4.97. The second kappa shape index (κ2) is 12.7. The van der Waals surface area contributed by atoms with Gasteiger partial charge in [-0.3, -0.25) is 0 Å². The predicted octanol–water partition coefficient (Wildman–Crippen LogP) is 13.7. The van der Waals surface area contributed by atoms with Gasteiger partial charge in [-0.05, 0) is 83.9 Å². The van der Waals surface area contributed by atoms with Gasteiger partial charge in [0.05, 0.1) is 34.2 Å². The fraction of sp³-hybridized carbons (Fsp3) is 0.0196. The van der Waals surface area contributed by atoms with E-state index in [-0.39, 0.29) is 0 Å². The SMILES string of the molecule is c1ccc2c(c1)Sc1ccccc1N2c1ccc(C2=NC3(N=C2c2ccc(N4c5ccccc5Sc5ccccc54)cc2)c2ccccc2-c2ccccc23)cc1. The molecule has 57 heavy (non-hydrogen) atoms. The maximum atomic E-state index is 5.70. The number of nitrogens with zero attached hydrogens (tertiary/aromatic N) is 4. The molecular weight excluding hydrogens is 733 g/mol. The van der Waals surface area contributed by atoms with E-state index in [4.69, 9.17) is 9.98 Å². The average Bonchev–Trinajstić information content (AvgIpc) is 3.81. The molecule has 268 valence electrons. The molecule has 0 amide bonds. The minimum Gasteiger partial charge on any atom is -0.308 e. The largest absolute Gasteiger partial charge is 0.308 e. The number of benzene rings is 8. The Bertz CT molecular complexity index is 2690. The number of hydrogen-bond acceptors (Lipinski definition) is 6. The van der Waals surface area contributed by atoms with Crippen LogP contribution in [0.1, 0.15) is 22.3 Å². The number of rotatable bonds is 4. The number of anilines is 6. The van der Waals surface area contributed by atoms with E-state index in [1.54, 1.807) is 0 Å². The molecule has 0 saturated heterocycles. The highest BCUT2D eigenvalue weighted by molar-refractivity contribution is 8.00. The van der Waals surface area contributed by atoms with Crippen LogP contribution >= 0.6 is 23.5 Å². The van der Waals surface area contributed by atoms with Gasteiger partial charge in [-0.2, -0.15) is 0 Å². The molecule has 12 rings (SSSR count). The molecule has 0 bridgehead atoms. The van der Waals surface area contributed by atoms with Crippen molar-refractivity contribution in [2.24, 2.45) is 9.98 Å². The van der Waals surface area contributed by atoms with Crippen molar-refractivity contribution in [1.82, 2.24) is 0 Å². The quantitative estimate of drug-likeness (QED) is 0.179. The summed E-state index contributed by atoms with van der Waals surface area (Å²) in [5.41, 5.74) is 14.5. The first-order valence-electron chi connectivity index (χ1n) is 19.2. The van der Waals surface area contributed by atoms with Crippen LogP contribution in [0, 0.1) is 0 Å². The Balaban J connectivity index is 0.995. The number of para-hydroxylation sites is 4. The van der Waals surface area contributed by atoms with Gasteiger partial charge in [-0.25, -0.2) is 9.98 Å². The van der Waals surface area contributed by atoms with Gasteiger partial charge in [-0.1, -0.05) is 145 Å². The standard InChI is InChI=1S/C51H32N4S2/c1-3-15-39-37(13-1)38-14-2-4-16-40(38)51(39)52-49(33-25-29-35(30-26-33)54-41-17-5-9-21-45(41)56-46-22-10-6-18-42(46)54)50(53-51)34-27-31-36(32-28-34)55-43-19-7-11-23-47(43)57-48-24-12-8-20-44(48)55/h1-32H. The molecule has 0 N–H and O–H groups in total. The van der Waals surface area contributed by atoms with Gasteiger partial charge in [0.2, 0.25) is 5.66 Å². The molecule has 0 saturated carbocycles. The van der Waals surface area contributed by atoms with Gasteiger partial charge >= 0.3 is 0 Å². The van der Waals surface area contributed by atoms with Gasteiger partial charge < -0.3 is 9.80 Å². The minimum absolute atomic E-state index is 0.876. The summed E-state index contributed by atoms with van der Waals surface area (Å²) in [7, 11) is 0. The Morgan fingerprint density at radius 2 is 0.649 bits per heavy atom.